The molecular weight excluding hydrogens is 180 g/mol. The van der Waals surface area contributed by atoms with Gasteiger partial charge in [0.15, 0.2) is 0 Å². The van der Waals surface area contributed by atoms with Crippen molar-refractivity contribution in [1.29, 1.82) is 0 Å². The van der Waals surface area contributed by atoms with Crippen LogP contribution in [0.2, 0.25) is 0 Å². The first-order valence-corrected chi connectivity index (χ1v) is 6.12. The van der Waals surface area contributed by atoms with E-state index in [1.165, 1.54) is 43.3 Å². The summed E-state index contributed by atoms with van der Waals surface area (Å²) in [5.41, 5.74) is 2.97. The lowest BCUT2D eigenvalue weighted by molar-refractivity contribution is 0.804. The van der Waals surface area contributed by atoms with Gasteiger partial charge in [-0.05, 0) is 39.5 Å². The van der Waals surface area contributed by atoms with Crippen molar-refractivity contribution in [3.05, 3.63) is 36.0 Å². The monoisotopic (exact) mass is 206 g/mol. The molecule has 0 aliphatic carbocycles. The summed E-state index contributed by atoms with van der Waals surface area (Å²) in [6.07, 6.45) is 14.0. The zero-order valence-electron chi connectivity index (χ0n) is 10.7. The zero-order valence-corrected chi connectivity index (χ0v) is 10.7. The fourth-order valence-electron chi connectivity index (χ4n) is 1.51. The molecule has 0 radical (unpaired) electrons. The minimum atomic E-state index is 1.03. The molecule has 0 aliphatic rings. The van der Waals surface area contributed by atoms with Crippen molar-refractivity contribution in [1.82, 2.24) is 0 Å². The molecule has 0 heteroatoms. The van der Waals surface area contributed by atoms with E-state index < -0.39 is 0 Å². The maximum atomic E-state index is 3.74. The van der Waals surface area contributed by atoms with E-state index in [-0.39, 0.29) is 0 Å². The summed E-state index contributed by atoms with van der Waals surface area (Å²) < 4.78 is 0. The molecule has 86 valence electrons. The molecule has 0 heterocycles. The van der Waals surface area contributed by atoms with E-state index in [2.05, 4.69) is 39.5 Å². The predicted octanol–water partition coefficient (Wildman–Crippen LogP) is 5.43. The van der Waals surface area contributed by atoms with Gasteiger partial charge in [0.1, 0.15) is 0 Å². The average molecular weight is 206 g/mol. The highest BCUT2D eigenvalue weighted by atomic mass is 14.0. The Balaban J connectivity index is 3.70. The lowest BCUT2D eigenvalue weighted by Crippen LogP contribution is -1.79. The summed E-state index contributed by atoms with van der Waals surface area (Å²) in [6, 6.07) is 0. The molecule has 0 bridgehead atoms. The highest BCUT2D eigenvalue weighted by Crippen LogP contribution is 2.10. The van der Waals surface area contributed by atoms with Gasteiger partial charge in [-0.3, -0.25) is 0 Å². The number of hydrogen-bond acceptors (Lipinski definition) is 0. The first-order valence-electron chi connectivity index (χ1n) is 6.12. The largest absolute Gasteiger partial charge is 0.103 e. The van der Waals surface area contributed by atoms with Gasteiger partial charge in [0, 0.05) is 0 Å². The zero-order chi connectivity index (χ0) is 11.5. The summed E-state index contributed by atoms with van der Waals surface area (Å²) in [5.74, 6) is 0. The van der Waals surface area contributed by atoms with Crippen LogP contribution in [0.15, 0.2) is 36.0 Å². The average Bonchev–Trinajstić information content (AvgIpc) is 2.18. The Hall–Kier alpha value is -0.780. The summed E-state index contributed by atoms with van der Waals surface area (Å²) in [4.78, 5) is 0. The minimum Gasteiger partial charge on any atom is -0.103 e. The van der Waals surface area contributed by atoms with Gasteiger partial charge < -0.3 is 0 Å². The Morgan fingerprint density at radius 2 is 1.73 bits per heavy atom. The molecule has 0 aromatic rings. The molecule has 0 atom stereocenters. The van der Waals surface area contributed by atoms with Crippen molar-refractivity contribution in [2.24, 2.45) is 0 Å². The van der Waals surface area contributed by atoms with Crippen LogP contribution < -0.4 is 0 Å². The molecule has 0 saturated heterocycles. The Labute approximate surface area is 95.8 Å². The Kier molecular flexibility index (Phi) is 9.26. The second-order valence-corrected chi connectivity index (χ2v) is 4.27. The van der Waals surface area contributed by atoms with Crippen LogP contribution in [0.4, 0.5) is 0 Å². The maximum absolute atomic E-state index is 3.74. The number of hydrogen-bond donors (Lipinski definition) is 0. The van der Waals surface area contributed by atoms with Gasteiger partial charge in [0.05, 0.1) is 0 Å². The van der Waals surface area contributed by atoms with Crippen molar-refractivity contribution in [3.63, 3.8) is 0 Å². The van der Waals surface area contributed by atoms with Gasteiger partial charge in [0.2, 0.25) is 0 Å². The first-order chi connectivity index (χ1) is 7.20. The third-order valence-corrected chi connectivity index (χ3v) is 2.55. The SMILES string of the molecule is C=CC/C(C)=C/CC/C(C)=C/CCCC. The second kappa shape index (κ2) is 9.76. The summed E-state index contributed by atoms with van der Waals surface area (Å²) in [7, 11) is 0. The van der Waals surface area contributed by atoms with Crippen LogP contribution in [0, 0.1) is 0 Å². The quantitative estimate of drug-likeness (QED) is 0.367. The molecule has 15 heavy (non-hydrogen) atoms. The maximum Gasteiger partial charge on any atom is -0.0144 e. The van der Waals surface area contributed by atoms with Crippen LogP contribution in [0.3, 0.4) is 0 Å². The summed E-state index contributed by atoms with van der Waals surface area (Å²) in [6.45, 7) is 10.4. The van der Waals surface area contributed by atoms with Crippen LogP contribution in [0.5, 0.6) is 0 Å². The minimum absolute atomic E-state index is 1.03. The van der Waals surface area contributed by atoms with Crippen molar-refractivity contribution in [3.8, 4) is 0 Å². The Morgan fingerprint density at radius 1 is 1.07 bits per heavy atom. The summed E-state index contributed by atoms with van der Waals surface area (Å²) >= 11 is 0. The van der Waals surface area contributed by atoms with E-state index in [0.717, 1.165) is 6.42 Å². The molecular formula is C15H26. The van der Waals surface area contributed by atoms with Crippen LogP contribution in [-0.2, 0) is 0 Å². The van der Waals surface area contributed by atoms with Gasteiger partial charge in [0.25, 0.3) is 0 Å². The molecule has 0 N–H and O–H groups in total. The van der Waals surface area contributed by atoms with E-state index >= 15 is 0 Å². The van der Waals surface area contributed by atoms with Crippen molar-refractivity contribution in [2.75, 3.05) is 0 Å². The molecule has 0 fully saturated rings. The standard InChI is InChI=1S/C15H26/c1-5-7-8-11-15(4)13-9-12-14(3)10-6-2/h6,11-12H,2,5,7-10,13H2,1,3-4H3/b14-12+,15-11+. The lowest BCUT2D eigenvalue weighted by Gasteiger charge is -2.00. The van der Waals surface area contributed by atoms with Crippen molar-refractivity contribution < 1.29 is 0 Å². The fraction of sp³-hybridized carbons (Fsp3) is 0.600. The third-order valence-electron chi connectivity index (χ3n) is 2.55. The number of rotatable bonds is 8. The number of allylic oxidation sites excluding steroid dienone is 5. The highest BCUT2D eigenvalue weighted by molar-refractivity contribution is 5.05. The Morgan fingerprint density at radius 3 is 2.33 bits per heavy atom. The molecule has 0 aromatic carbocycles. The second-order valence-electron chi connectivity index (χ2n) is 4.27. The number of unbranched alkanes of at least 4 members (excludes halogenated alkanes) is 2. The van der Waals surface area contributed by atoms with Crippen LogP contribution in [0.25, 0.3) is 0 Å². The van der Waals surface area contributed by atoms with Gasteiger partial charge in [-0.1, -0.05) is 49.1 Å². The normalized spacial score (nSPS) is 13.0. The lowest BCUT2D eigenvalue weighted by atomic mass is 10.1. The van der Waals surface area contributed by atoms with Crippen LogP contribution in [0.1, 0.15) is 59.3 Å². The van der Waals surface area contributed by atoms with Crippen molar-refractivity contribution in [2.45, 2.75) is 59.3 Å². The smallest absolute Gasteiger partial charge is 0.0144 e. The molecule has 0 rings (SSSR count). The van der Waals surface area contributed by atoms with Gasteiger partial charge in [-0.25, -0.2) is 0 Å². The molecule has 0 nitrogen and oxygen atoms in total. The Bertz CT molecular complexity index is 218. The van der Waals surface area contributed by atoms with E-state index in [9.17, 15) is 0 Å². The molecule has 0 amide bonds. The molecule has 0 aliphatic heterocycles. The molecule has 0 saturated carbocycles. The molecule has 0 aromatic heterocycles. The van der Waals surface area contributed by atoms with E-state index in [1.807, 2.05) is 6.08 Å². The highest BCUT2D eigenvalue weighted by Gasteiger charge is 1.90. The van der Waals surface area contributed by atoms with Gasteiger partial charge in [-0.15, -0.1) is 6.58 Å². The van der Waals surface area contributed by atoms with E-state index in [4.69, 9.17) is 0 Å². The fourth-order valence-corrected chi connectivity index (χ4v) is 1.51. The molecule has 0 spiro atoms. The molecule has 0 unspecified atom stereocenters. The van der Waals surface area contributed by atoms with E-state index in [0.29, 0.717) is 0 Å². The third kappa shape index (κ3) is 9.52. The van der Waals surface area contributed by atoms with Crippen LogP contribution >= 0.6 is 0 Å². The van der Waals surface area contributed by atoms with Crippen molar-refractivity contribution >= 4 is 0 Å². The van der Waals surface area contributed by atoms with Crippen LogP contribution in [-0.4, -0.2) is 0 Å². The topological polar surface area (TPSA) is 0 Å². The van der Waals surface area contributed by atoms with E-state index in [1.54, 1.807) is 0 Å². The van der Waals surface area contributed by atoms with Gasteiger partial charge in [-0.2, -0.15) is 0 Å². The summed E-state index contributed by atoms with van der Waals surface area (Å²) in [5, 5.41) is 0. The van der Waals surface area contributed by atoms with Gasteiger partial charge >= 0.3 is 0 Å². The first kappa shape index (κ1) is 14.2. The predicted molar refractivity (Wildman–Crippen MR) is 71.1 cm³/mol.